The number of unbranched alkanes of at least 4 members (excludes halogenated alkanes) is 1. The van der Waals surface area contributed by atoms with Gasteiger partial charge >= 0.3 is 0 Å². The Morgan fingerprint density at radius 1 is 1.15 bits per heavy atom. The molecule has 0 radical (unpaired) electrons. The van der Waals surface area contributed by atoms with Crippen LogP contribution in [0.2, 0.25) is 0 Å². The molecule has 0 saturated carbocycles. The maximum atomic E-state index is 14.5. The molecule has 3 rings (SSSR count). The largest absolute Gasteiger partial charge is 0.379 e. The van der Waals surface area contributed by atoms with E-state index in [0.717, 1.165) is 45.7 Å². The number of aromatic nitrogens is 2. The van der Waals surface area contributed by atoms with Crippen molar-refractivity contribution < 1.29 is 9.13 Å². The molecule has 1 aliphatic heterocycles. The smallest absolute Gasteiger partial charge is 0.258 e. The Morgan fingerprint density at radius 2 is 1.92 bits per heavy atom. The summed E-state index contributed by atoms with van der Waals surface area (Å²) in [5.74, 6) is 0.299. The SMILES string of the molecule is Cc1cc(=O)n(-c2ccc(CCCCN3CCOCC3)c(F)c2)c(C)n1. The van der Waals surface area contributed by atoms with Crippen LogP contribution in [0.5, 0.6) is 0 Å². The minimum atomic E-state index is -0.263. The number of ether oxygens (including phenoxy) is 1. The molecule has 0 aliphatic carbocycles. The summed E-state index contributed by atoms with van der Waals surface area (Å²) < 4.78 is 21.3. The molecule has 0 amide bonds. The molecule has 0 bridgehead atoms. The Bertz CT molecular complexity index is 813. The normalized spacial score (nSPS) is 15.3. The van der Waals surface area contributed by atoms with E-state index in [0.29, 0.717) is 29.2 Å². The number of rotatable bonds is 6. The topological polar surface area (TPSA) is 47.4 Å². The van der Waals surface area contributed by atoms with Gasteiger partial charge < -0.3 is 4.74 Å². The van der Waals surface area contributed by atoms with Crippen molar-refractivity contribution in [3.05, 3.63) is 57.5 Å². The highest BCUT2D eigenvalue weighted by Gasteiger charge is 2.11. The summed E-state index contributed by atoms with van der Waals surface area (Å²) >= 11 is 0. The fourth-order valence-corrected chi connectivity index (χ4v) is 3.41. The molecule has 0 atom stereocenters. The van der Waals surface area contributed by atoms with E-state index < -0.39 is 0 Å². The van der Waals surface area contributed by atoms with Crippen molar-refractivity contribution >= 4 is 0 Å². The second kappa shape index (κ2) is 8.56. The van der Waals surface area contributed by atoms with Crippen LogP contribution in [0.4, 0.5) is 4.39 Å². The molecule has 5 nitrogen and oxygen atoms in total. The van der Waals surface area contributed by atoms with Crippen LogP contribution in [0.1, 0.15) is 29.9 Å². The lowest BCUT2D eigenvalue weighted by atomic mass is 10.1. The van der Waals surface area contributed by atoms with E-state index in [4.69, 9.17) is 4.74 Å². The predicted octanol–water partition coefficient (Wildman–Crippen LogP) is 2.64. The Hall–Kier alpha value is -2.05. The summed E-state index contributed by atoms with van der Waals surface area (Å²) in [5, 5.41) is 0. The van der Waals surface area contributed by atoms with Gasteiger partial charge in [0.1, 0.15) is 11.6 Å². The first-order valence-electron chi connectivity index (χ1n) is 9.21. The van der Waals surface area contributed by atoms with Crippen molar-refractivity contribution in [3.8, 4) is 5.69 Å². The zero-order valence-corrected chi connectivity index (χ0v) is 15.5. The Kier molecular flexibility index (Phi) is 6.16. The number of benzene rings is 1. The molecule has 1 aliphatic rings. The Morgan fingerprint density at radius 3 is 2.62 bits per heavy atom. The minimum absolute atomic E-state index is 0.187. The molecule has 2 heterocycles. The lowest BCUT2D eigenvalue weighted by Crippen LogP contribution is -2.36. The Labute approximate surface area is 153 Å². The number of hydrogen-bond donors (Lipinski definition) is 0. The monoisotopic (exact) mass is 359 g/mol. The molecule has 26 heavy (non-hydrogen) atoms. The van der Waals surface area contributed by atoms with E-state index >= 15 is 0 Å². The summed E-state index contributed by atoms with van der Waals surface area (Å²) in [6.07, 6.45) is 2.69. The average Bonchev–Trinajstić information content (AvgIpc) is 2.60. The van der Waals surface area contributed by atoms with E-state index in [9.17, 15) is 9.18 Å². The van der Waals surface area contributed by atoms with E-state index in [2.05, 4.69) is 9.88 Å². The maximum absolute atomic E-state index is 14.5. The van der Waals surface area contributed by atoms with Crippen LogP contribution in [0.3, 0.4) is 0 Å². The van der Waals surface area contributed by atoms with Gasteiger partial charge in [-0.05, 0) is 57.4 Å². The van der Waals surface area contributed by atoms with Gasteiger partial charge in [0.05, 0.1) is 18.9 Å². The van der Waals surface area contributed by atoms with Crippen LogP contribution in [0.25, 0.3) is 5.69 Å². The number of aryl methyl sites for hydroxylation is 3. The van der Waals surface area contributed by atoms with Gasteiger partial charge in [0.2, 0.25) is 0 Å². The summed E-state index contributed by atoms with van der Waals surface area (Å²) in [6, 6.07) is 6.48. The van der Waals surface area contributed by atoms with Crippen molar-refractivity contribution in [3.63, 3.8) is 0 Å². The van der Waals surface area contributed by atoms with E-state index in [1.165, 1.54) is 16.7 Å². The molecule has 0 spiro atoms. The number of halogens is 1. The van der Waals surface area contributed by atoms with E-state index in [1.807, 2.05) is 0 Å². The zero-order chi connectivity index (χ0) is 18.5. The van der Waals surface area contributed by atoms with Crippen molar-refractivity contribution in [2.45, 2.75) is 33.1 Å². The first-order valence-corrected chi connectivity index (χ1v) is 9.21. The highest BCUT2D eigenvalue weighted by atomic mass is 19.1. The summed E-state index contributed by atoms with van der Waals surface area (Å²) in [7, 11) is 0. The van der Waals surface area contributed by atoms with E-state index in [-0.39, 0.29) is 11.4 Å². The molecule has 6 heteroatoms. The predicted molar refractivity (Wildman–Crippen MR) is 99.5 cm³/mol. The second-order valence-corrected chi connectivity index (χ2v) is 6.81. The van der Waals surface area contributed by atoms with Gasteiger partial charge in [0, 0.05) is 24.8 Å². The molecular formula is C20H26FN3O2. The maximum Gasteiger partial charge on any atom is 0.258 e. The quantitative estimate of drug-likeness (QED) is 0.744. The lowest BCUT2D eigenvalue weighted by Gasteiger charge is -2.26. The minimum Gasteiger partial charge on any atom is -0.379 e. The van der Waals surface area contributed by atoms with Gasteiger partial charge in [-0.2, -0.15) is 0 Å². The third-order valence-corrected chi connectivity index (χ3v) is 4.78. The molecule has 1 aromatic carbocycles. The number of hydrogen-bond acceptors (Lipinski definition) is 4. The van der Waals surface area contributed by atoms with Gasteiger partial charge in [-0.15, -0.1) is 0 Å². The van der Waals surface area contributed by atoms with Gasteiger partial charge in [0.25, 0.3) is 5.56 Å². The highest BCUT2D eigenvalue weighted by Crippen LogP contribution is 2.16. The van der Waals surface area contributed by atoms with Crippen molar-refractivity contribution in [2.75, 3.05) is 32.8 Å². The van der Waals surface area contributed by atoms with Gasteiger partial charge in [-0.25, -0.2) is 9.37 Å². The molecule has 2 aromatic rings. The third kappa shape index (κ3) is 4.56. The summed E-state index contributed by atoms with van der Waals surface area (Å²) in [4.78, 5) is 18.9. The molecule has 1 aromatic heterocycles. The van der Waals surface area contributed by atoms with Crippen LogP contribution >= 0.6 is 0 Å². The van der Waals surface area contributed by atoms with Gasteiger partial charge in [-0.1, -0.05) is 6.07 Å². The molecule has 0 unspecified atom stereocenters. The first kappa shape index (κ1) is 18.7. The van der Waals surface area contributed by atoms with Crippen molar-refractivity contribution in [1.82, 2.24) is 14.5 Å². The fourth-order valence-electron chi connectivity index (χ4n) is 3.41. The van der Waals surface area contributed by atoms with Gasteiger partial charge in [-0.3, -0.25) is 14.3 Å². The number of nitrogens with zero attached hydrogens (tertiary/aromatic N) is 3. The van der Waals surface area contributed by atoms with Gasteiger partial charge in [0.15, 0.2) is 0 Å². The third-order valence-electron chi connectivity index (χ3n) is 4.78. The highest BCUT2D eigenvalue weighted by molar-refractivity contribution is 5.37. The van der Waals surface area contributed by atoms with Crippen molar-refractivity contribution in [1.29, 1.82) is 0 Å². The van der Waals surface area contributed by atoms with Crippen LogP contribution in [-0.4, -0.2) is 47.3 Å². The summed E-state index contributed by atoms with van der Waals surface area (Å²) in [6.45, 7) is 8.16. The standard InChI is InChI=1S/C20H26FN3O2/c1-15-13-20(25)24(16(2)22-15)18-7-6-17(19(21)14-18)5-3-4-8-23-9-11-26-12-10-23/h6-7,13-14H,3-5,8-12H2,1-2H3. The fraction of sp³-hybridized carbons (Fsp3) is 0.500. The Balaban J connectivity index is 1.62. The van der Waals surface area contributed by atoms with Crippen LogP contribution in [0.15, 0.2) is 29.1 Å². The zero-order valence-electron chi connectivity index (χ0n) is 15.5. The van der Waals surface area contributed by atoms with Crippen LogP contribution in [-0.2, 0) is 11.2 Å². The molecular weight excluding hydrogens is 333 g/mol. The first-order chi connectivity index (χ1) is 12.5. The average molecular weight is 359 g/mol. The van der Waals surface area contributed by atoms with Crippen LogP contribution in [0, 0.1) is 19.7 Å². The molecule has 1 saturated heterocycles. The number of morpholine rings is 1. The van der Waals surface area contributed by atoms with E-state index in [1.54, 1.807) is 26.0 Å². The molecule has 140 valence electrons. The second-order valence-electron chi connectivity index (χ2n) is 6.81. The van der Waals surface area contributed by atoms with Crippen LogP contribution < -0.4 is 5.56 Å². The molecule has 1 fully saturated rings. The summed E-state index contributed by atoms with van der Waals surface area (Å²) in [5.41, 5.74) is 1.70. The molecule has 0 N–H and O–H groups in total. The lowest BCUT2D eigenvalue weighted by molar-refractivity contribution is 0.0372. The van der Waals surface area contributed by atoms with Crippen molar-refractivity contribution in [2.24, 2.45) is 0 Å².